The van der Waals surface area contributed by atoms with Gasteiger partial charge in [-0.2, -0.15) is 0 Å². The van der Waals surface area contributed by atoms with Crippen molar-refractivity contribution in [2.75, 3.05) is 7.05 Å². The minimum atomic E-state index is 0.477. The van der Waals surface area contributed by atoms with Crippen LogP contribution in [0.15, 0.2) is 28.3 Å². The van der Waals surface area contributed by atoms with Crippen molar-refractivity contribution in [3.05, 3.63) is 23.3 Å². The smallest absolute Gasteiger partial charge is 0.0402 e. The summed E-state index contributed by atoms with van der Waals surface area (Å²) in [6.45, 7) is 17.3. The van der Waals surface area contributed by atoms with Gasteiger partial charge >= 0.3 is 0 Å². The Labute approximate surface area is 101 Å². The maximum absolute atomic E-state index is 4.39. The average molecular weight is 221 g/mol. The molecule has 0 heterocycles. The highest BCUT2D eigenvalue weighted by Gasteiger charge is 2.13. The van der Waals surface area contributed by atoms with Crippen molar-refractivity contribution in [2.45, 2.75) is 48.0 Å². The van der Waals surface area contributed by atoms with E-state index in [0.717, 1.165) is 6.42 Å². The second-order valence-electron chi connectivity index (χ2n) is 4.85. The van der Waals surface area contributed by atoms with Gasteiger partial charge in [0.25, 0.3) is 0 Å². The first-order valence-electron chi connectivity index (χ1n) is 6.20. The summed E-state index contributed by atoms with van der Waals surface area (Å²) >= 11 is 0. The van der Waals surface area contributed by atoms with Crippen LogP contribution in [0.5, 0.6) is 0 Å². The Kier molecular flexibility index (Phi) is 6.32. The number of rotatable bonds is 5. The highest BCUT2D eigenvalue weighted by Crippen LogP contribution is 2.24. The summed E-state index contributed by atoms with van der Waals surface area (Å²) < 4.78 is 0. The van der Waals surface area contributed by atoms with Crippen LogP contribution >= 0.6 is 0 Å². The maximum Gasteiger partial charge on any atom is 0.0402 e. The summed E-state index contributed by atoms with van der Waals surface area (Å²) in [6.07, 6.45) is 1.14. The van der Waals surface area contributed by atoms with Crippen molar-refractivity contribution in [1.82, 2.24) is 0 Å². The summed E-state index contributed by atoms with van der Waals surface area (Å²) in [6, 6.07) is 0. The van der Waals surface area contributed by atoms with Crippen LogP contribution in [-0.4, -0.2) is 12.8 Å². The second-order valence-corrected chi connectivity index (χ2v) is 4.85. The van der Waals surface area contributed by atoms with Gasteiger partial charge in [0.15, 0.2) is 0 Å². The molecule has 0 rings (SSSR count). The van der Waals surface area contributed by atoms with E-state index >= 15 is 0 Å². The normalized spacial score (nSPS) is 16.1. The van der Waals surface area contributed by atoms with Crippen LogP contribution in [0.1, 0.15) is 48.0 Å². The third-order valence-electron chi connectivity index (χ3n) is 3.42. The van der Waals surface area contributed by atoms with E-state index in [1.807, 2.05) is 7.05 Å². The molecule has 0 spiro atoms. The number of aliphatic imine (C=N–C) groups is 1. The zero-order valence-electron chi connectivity index (χ0n) is 12.0. The molecule has 0 aromatic carbocycles. The summed E-state index contributed by atoms with van der Waals surface area (Å²) in [5, 5.41) is 0. The number of hydrogen-bond donors (Lipinski definition) is 0. The lowest BCUT2D eigenvalue weighted by molar-refractivity contribution is 0.663. The highest BCUT2D eigenvalue weighted by atomic mass is 14.7. The van der Waals surface area contributed by atoms with E-state index < -0.39 is 0 Å². The van der Waals surface area contributed by atoms with Crippen LogP contribution in [0.3, 0.4) is 0 Å². The summed E-state index contributed by atoms with van der Waals surface area (Å²) in [5.41, 5.74) is 5.05. The molecule has 0 aromatic heterocycles. The van der Waals surface area contributed by atoms with Gasteiger partial charge in [0.1, 0.15) is 0 Å². The molecule has 1 unspecified atom stereocenters. The second kappa shape index (κ2) is 6.67. The summed E-state index contributed by atoms with van der Waals surface area (Å²) in [7, 11) is 1.87. The SMILES string of the molecule is C=C(/C(C)=C(/C)C(=NC)C(C)C)C(C)CC. The van der Waals surface area contributed by atoms with Gasteiger partial charge in [-0.3, -0.25) is 4.99 Å². The van der Waals surface area contributed by atoms with Crippen LogP contribution in [0.4, 0.5) is 0 Å². The van der Waals surface area contributed by atoms with Crippen molar-refractivity contribution >= 4 is 5.71 Å². The Morgan fingerprint density at radius 3 is 1.94 bits per heavy atom. The highest BCUT2D eigenvalue weighted by molar-refractivity contribution is 6.02. The molecule has 92 valence electrons. The Morgan fingerprint density at radius 2 is 1.62 bits per heavy atom. The fourth-order valence-electron chi connectivity index (χ4n) is 1.91. The zero-order chi connectivity index (χ0) is 12.9. The number of allylic oxidation sites excluding steroid dienone is 3. The molecule has 0 fully saturated rings. The largest absolute Gasteiger partial charge is 0.293 e. The quantitative estimate of drug-likeness (QED) is 0.473. The fourth-order valence-corrected chi connectivity index (χ4v) is 1.91. The average Bonchev–Trinajstić information content (AvgIpc) is 2.26. The predicted octanol–water partition coefficient (Wildman–Crippen LogP) is 4.65. The minimum Gasteiger partial charge on any atom is -0.293 e. The van der Waals surface area contributed by atoms with Crippen LogP contribution in [0.2, 0.25) is 0 Å². The molecule has 0 aliphatic carbocycles. The molecular formula is C15H27N. The van der Waals surface area contributed by atoms with Gasteiger partial charge in [-0.15, -0.1) is 0 Å². The standard InChI is InChI=1S/C15H27N/c1-9-11(4)12(5)13(6)14(7)15(16-8)10(2)3/h10-11H,5,9H2,1-4,6-8H3/b14-13-,16-15?. The van der Waals surface area contributed by atoms with Crippen LogP contribution < -0.4 is 0 Å². The first-order valence-corrected chi connectivity index (χ1v) is 6.20. The zero-order valence-corrected chi connectivity index (χ0v) is 12.0. The van der Waals surface area contributed by atoms with E-state index in [9.17, 15) is 0 Å². The molecule has 1 atom stereocenters. The van der Waals surface area contributed by atoms with Gasteiger partial charge in [0.2, 0.25) is 0 Å². The molecule has 1 nitrogen and oxygen atoms in total. The van der Waals surface area contributed by atoms with Crippen LogP contribution in [0, 0.1) is 11.8 Å². The van der Waals surface area contributed by atoms with Crippen LogP contribution in [0.25, 0.3) is 0 Å². The lowest BCUT2D eigenvalue weighted by Gasteiger charge is -2.18. The van der Waals surface area contributed by atoms with E-state index in [1.54, 1.807) is 0 Å². The Hall–Kier alpha value is -0.850. The van der Waals surface area contributed by atoms with Crippen molar-refractivity contribution < 1.29 is 0 Å². The third kappa shape index (κ3) is 3.62. The van der Waals surface area contributed by atoms with E-state index in [-0.39, 0.29) is 0 Å². The Bertz CT molecular complexity index is 305. The first-order chi connectivity index (χ1) is 7.36. The Morgan fingerprint density at radius 1 is 1.12 bits per heavy atom. The molecule has 0 amide bonds. The van der Waals surface area contributed by atoms with Gasteiger partial charge in [-0.1, -0.05) is 34.3 Å². The summed E-state index contributed by atoms with van der Waals surface area (Å²) in [5.74, 6) is 1.03. The van der Waals surface area contributed by atoms with E-state index in [1.165, 1.54) is 22.4 Å². The molecular weight excluding hydrogens is 194 g/mol. The molecule has 1 heteroatoms. The topological polar surface area (TPSA) is 12.4 Å². The molecule has 0 aliphatic rings. The van der Waals surface area contributed by atoms with Crippen molar-refractivity contribution in [3.63, 3.8) is 0 Å². The van der Waals surface area contributed by atoms with Gasteiger partial charge in [0.05, 0.1) is 0 Å². The van der Waals surface area contributed by atoms with E-state index in [4.69, 9.17) is 0 Å². The van der Waals surface area contributed by atoms with Gasteiger partial charge in [0, 0.05) is 12.8 Å². The molecule has 16 heavy (non-hydrogen) atoms. The lowest BCUT2D eigenvalue weighted by Crippen LogP contribution is -2.12. The van der Waals surface area contributed by atoms with Crippen molar-refractivity contribution in [1.29, 1.82) is 0 Å². The molecule has 0 aromatic rings. The minimum absolute atomic E-state index is 0.477. The molecule has 0 aliphatic heterocycles. The van der Waals surface area contributed by atoms with Gasteiger partial charge < -0.3 is 0 Å². The van der Waals surface area contributed by atoms with E-state index in [0.29, 0.717) is 11.8 Å². The van der Waals surface area contributed by atoms with Crippen LogP contribution in [-0.2, 0) is 0 Å². The first kappa shape index (κ1) is 15.2. The van der Waals surface area contributed by atoms with Gasteiger partial charge in [-0.05, 0) is 48.8 Å². The summed E-state index contributed by atoms with van der Waals surface area (Å²) in [4.78, 5) is 4.39. The maximum atomic E-state index is 4.39. The molecule has 0 saturated heterocycles. The van der Waals surface area contributed by atoms with E-state index in [2.05, 4.69) is 53.1 Å². The Balaban J connectivity index is 5.17. The van der Waals surface area contributed by atoms with Gasteiger partial charge in [-0.25, -0.2) is 0 Å². The molecule has 0 bridgehead atoms. The molecule has 0 saturated carbocycles. The number of hydrogen-bond acceptors (Lipinski definition) is 1. The monoisotopic (exact) mass is 221 g/mol. The molecule has 0 radical (unpaired) electrons. The third-order valence-corrected chi connectivity index (χ3v) is 3.42. The van der Waals surface area contributed by atoms with Crippen molar-refractivity contribution in [3.8, 4) is 0 Å². The predicted molar refractivity (Wildman–Crippen MR) is 75.2 cm³/mol. The number of nitrogens with zero attached hydrogens (tertiary/aromatic N) is 1. The van der Waals surface area contributed by atoms with Crippen molar-refractivity contribution in [2.24, 2.45) is 16.8 Å². The fraction of sp³-hybridized carbons (Fsp3) is 0.667. The lowest BCUT2D eigenvalue weighted by atomic mass is 9.88. The molecule has 0 N–H and O–H groups in total.